The molecule has 5 nitrogen and oxygen atoms in total. The Labute approximate surface area is 120 Å². The molecular formula is C15H27NO4. The first-order chi connectivity index (χ1) is 9.23. The van der Waals surface area contributed by atoms with E-state index in [9.17, 15) is 15.0 Å². The Morgan fingerprint density at radius 3 is 2.35 bits per heavy atom. The van der Waals surface area contributed by atoms with Gasteiger partial charge in [-0.25, -0.2) is 4.79 Å². The zero-order valence-corrected chi connectivity index (χ0v) is 12.7. The number of ether oxygens (including phenoxy) is 1. The predicted molar refractivity (Wildman–Crippen MR) is 75.3 cm³/mol. The number of hydrogen-bond acceptors (Lipinski definition) is 4. The Hall–Kier alpha value is -0.810. The van der Waals surface area contributed by atoms with Gasteiger partial charge in [0.25, 0.3) is 0 Å². The molecule has 0 saturated heterocycles. The maximum atomic E-state index is 12.0. The molecule has 2 saturated carbocycles. The molecule has 3 atom stereocenters. The summed E-state index contributed by atoms with van der Waals surface area (Å²) in [5, 5.41) is 23.0. The number of rotatable bonds is 1. The van der Waals surface area contributed by atoms with E-state index >= 15 is 0 Å². The number of aliphatic hydroxyl groups is 2. The molecule has 20 heavy (non-hydrogen) atoms. The number of alkyl carbamates (subject to hydrolysis) is 1. The van der Waals surface area contributed by atoms with Crippen LogP contribution in [0.15, 0.2) is 0 Å². The van der Waals surface area contributed by atoms with Crippen LogP contribution in [0.5, 0.6) is 0 Å². The van der Waals surface area contributed by atoms with E-state index in [2.05, 4.69) is 5.32 Å². The smallest absolute Gasteiger partial charge is 0.407 e. The molecule has 0 aromatic carbocycles. The molecule has 2 fully saturated rings. The third kappa shape index (κ3) is 3.26. The molecule has 5 heteroatoms. The van der Waals surface area contributed by atoms with Gasteiger partial charge in [0, 0.05) is 0 Å². The lowest BCUT2D eigenvalue weighted by Gasteiger charge is -2.39. The lowest BCUT2D eigenvalue weighted by Crippen LogP contribution is -2.52. The van der Waals surface area contributed by atoms with E-state index in [1.54, 1.807) is 0 Å². The van der Waals surface area contributed by atoms with Crippen molar-refractivity contribution in [2.75, 3.05) is 0 Å². The maximum absolute atomic E-state index is 12.0. The van der Waals surface area contributed by atoms with Crippen LogP contribution < -0.4 is 5.32 Å². The Morgan fingerprint density at radius 1 is 1.20 bits per heavy atom. The van der Waals surface area contributed by atoms with E-state index in [1.165, 1.54) is 6.42 Å². The summed E-state index contributed by atoms with van der Waals surface area (Å²) in [6.07, 6.45) is 3.65. The van der Waals surface area contributed by atoms with Gasteiger partial charge in [0.2, 0.25) is 0 Å². The first-order valence-corrected chi connectivity index (χ1v) is 7.59. The van der Waals surface area contributed by atoms with Crippen molar-refractivity contribution in [3.63, 3.8) is 0 Å². The molecule has 0 heterocycles. The first kappa shape index (κ1) is 15.6. The van der Waals surface area contributed by atoms with E-state index < -0.39 is 29.9 Å². The van der Waals surface area contributed by atoms with Gasteiger partial charge in [-0.2, -0.15) is 0 Å². The minimum Gasteiger partial charge on any atom is -0.444 e. The summed E-state index contributed by atoms with van der Waals surface area (Å²) in [5.74, 6) is 0. The van der Waals surface area contributed by atoms with Crippen molar-refractivity contribution in [2.45, 2.75) is 83.1 Å². The predicted octanol–water partition coefficient (Wildman–Crippen LogP) is 1.96. The lowest BCUT2D eigenvalue weighted by molar-refractivity contribution is 0.0136. The van der Waals surface area contributed by atoms with Gasteiger partial charge in [0.05, 0.1) is 12.1 Å². The third-order valence-corrected chi connectivity index (χ3v) is 4.53. The van der Waals surface area contributed by atoms with Crippen molar-refractivity contribution in [1.82, 2.24) is 5.32 Å². The molecule has 0 unspecified atom stereocenters. The Kier molecular flexibility index (Phi) is 4.30. The number of amides is 1. The quantitative estimate of drug-likeness (QED) is 0.688. The van der Waals surface area contributed by atoms with Crippen LogP contribution in [-0.2, 0) is 4.74 Å². The second kappa shape index (κ2) is 5.53. The minimum absolute atomic E-state index is 0.173. The van der Waals surface area contributed by atoms with E-state index in [4.69, 9.17) is 4.74 Å². The van der Waals surface area contributed by atoms with E-state index in [0.29, 0.717) is 6.42 Å². The molecule has 2 rings (SSSR count). The molecule has 0 aromatic rings. The molecular weight excluding hydrogens is 258 g/mol. The Bertz CT molecular complexity index is 357. The zero-order valence-electron chi connectivity index (χ0n) is 12.7. The van der Waals surface area contributed by atoms with Gasteiger partial charge < -0.3 is 20.3 Å². The highest BCUT2D eigenvalue weighted by Crippen LogP contribution is 2.49. The van der Waals surface area contributed by atoms with E-state index in [-0.39, 0.29) is 5.41 Å². The first-order valence-electron chi connectivity index (χ1n) is 7.59. The van der Waals surface area contributed by atoms with Gasteiger partial charge in [0.15, 0.2) is 0 Å². The van der Waals surface area contributed by atoms with Crippen LogP contribution >= 0.6 is 0 Å². The SMILES string of the molecule is CC(C)(C)OC(=O)N[C@@H]1[C@H](O)[C@@H](O)CC12CCCCC2. The molecule has 2 aliphatic carbocycles. The molecule has 1 amide bonds. The summed E-state index contributed by atoms with van der Waals surface area (Å²) >= 11 is 0. The number of aliphatic hydroxyl groups excluding tert-OH is 2. The molecule has 3 N–H and O–H groups in total. The fourth-order valence-electron chi connectivity index (χ4n) is 3.69. The summed E-state index contributed by atoms with van der Waals surface area (Å²) in [4.78, 5) is 12.0. The van der Waals surface area contributed by atoms with Crippen molar-refractivity contribution in [2.24, 2.45) is 5.41 Å². The van der Waals surface area contributed by atoms with Crippen LogP contribution in [0.4, 0.5) is 4.79 Å². The topological polar surface area (TPSA) is 78.8 Å². The van der Waals surface area contributed by atoms with Gasteiger partial charge in [0.1, 0.15) is 11.7 Å². The fourth-order valence-corrected chi connectivity index (χ4v) is 3.69. The summed E-state index contributed by atoms with van der Waals surface area (Å²) in [5.41, 5.74) is -0.736. The number of carbonyl (C=O) groups is 1. The van der Waals surface area contributed by atoms with Crippen LogP contribution in [0.3, 0.4) is 0 Å². The van der Waals surface area contributed by atoms with Crippen molar-refractivity contribution in [1.29, 1.82) is 0 Å². The van der Waals surface area contributed by atoms with Crippen molar-refractivity contribution in [3.8, 4) is 0 Å². The molecule has 0 aromatic heterocycles. The van der Waals surface area contributed by atoms with Gasteiger partial charge >= 0.3 is 6.09 Å². The van der Waals surface area contributed by atoms with Crippen molar-refractivity contribution >= 4 is 6.09 Å². The average Bonchev–Trinajstić information content (AvgIpc) is 2.53. The highest BCUT2D eigenvalue weighted by Gasteiger charge is 2.53. The standard InChI is InChI=1S/C15H27NO4/c1-14(2,3)20-13(19)16-12-11(18)10(17)9-15(12)7-5-4-6-8-15/h10-12,17-18H,4-9H2,1-3H3,(H,16,19)/t10-,11+,12+/m0/s1. The van der Waals surface area contributed by atoms with Gasteiger partial charge in [-0.1, -0.05) is 19.3 Å². The third-order valence-electron chi connectivity index (χ3n) is 4.53. The highest BCUT2D eigenvalue weighted by molar-refractivity contribution is 5.68. The molecule has 0 aliphatic heterocycles. The van der Waals surface area contributed by atoms with Gasteiger partial charge in [-0.15, -0.1) is 0 Å². The van der Waals surface area contributed by atoms with E-state index in [0.717, 1.165) is 25.7 Å². The Balaban J connectivity index is 2.08. The normalized spacial score (nSPS) is 33.1. The largest absolute Gasteiger partial charge is 0.444 e. The molecule has 1 spiro atoms. The number of hydrogen-bond donors (Lipinski definition) is 3. The average molecular weight is 285 g/mol. The molecule has 0 bridgehead atoms. The maximum Gasteiger partial charge on any atom is 0.407 e. The summed E-state index contributed by atoms with van der Waals surface area (Å²) in [6, 6.07) is -0.410. The summed E-state index contributed by atoms with van der Waals surface area (Å²) < 4.78 is 5.27. The molecule has 2 aliphatic rings. The number of nitrogens with one attached hydrogen (secondary N) is 1. The summed E-state index contributed by atoms with van der Waals surface area (Å²) in [6.45, 7) is 5.43. The fraction of sp³-hybridized carbons (Fsp3) is 0.933. The van der Waals surface area contributed by atoms with Crippen LogP contribution in [-0.4, -0.2) is 40.2 Å². The van der Waals surface area contributed by atoms with Gasteiger partial charge in [-0.3, -0.25) is 0 Å². The summed E-state index contributed by atoms with van der Waals surface area (Å²) in [7, 11) is 0. The second-order valence-corrected chi connectivity index (χ2v) is 7.31. The van der Waals surface area contributed by atoms with E-state index in [1.807, 2.05) is 20.8 Å². The highest BCUT2D eigenvalue weighted by atomic mass is 16.6. The second-order valence-electron chi connectivity index (χ2n) is 7.31. The van der Waals surface area contributed by atoms with Crippen molar-refractivity contribution < 1.29 is 19.7 Å². The Morgan fingerprint density at radius 2 is 1.80 bits per heavy atom. The number of carbonyl (C=O) groups excluding carboxylic acids is 1. The van der Waals surface area contributed by atoms with Gasteiger partial charge in [-0.05, 0) is 45.4 Å². The monoisotopic (exact) mass is 285 g/mol. The lowest BCUT2D eigenvalue weighted by atomic mass is 9.70. The van der Waals surface area contributed by atoms with Crippen LogP contribution in [0, 0.1) is 5.41 Å². The van der Waals surface area contributed by atoms with Crippen LogP contribution in [0.1, 0.15) is 59.3 Å². The van der Waals surface area contributed by atoms with Crippen LogP contribution in [0.25, 0.3) is 0 Å². The molecule has 116 valence electrons. The van der Waals surface area contributed by atoms with Crippen LogP contribution in [0.2, 0.25) is 0 Å². The zero-order chi connectivity index (χ0) is 15.0. The molecule has 0 radical (unpaired) electrons. The van der Waals surface area contributed by atoms with Crippen molar-refractivity contribution in [3.05, 3.63) is 0 Å². The minimum atomic E-state index is -0.902.